The van der Waals surface area contributed by atoms with Gasteiger partial charge in [0, 0.05) is 29.0 Å². The van der Waals surface area contributed by atoms with Gasteiger partial charge in [0.1, 0.15) is 5.75 Å². The van der Waals surface area contributed by atoms with Crippen LogP contribution in [0.4, 0.5) is 0 Å². The fourth-order valence-electron chi connectivity index (χ4n) is 3.27. The van der Waals surface area contributed by atoms with Crippen LogP contribution in [0, 0.1) is 0 Å². The Morgan fingerprint density at radius 1 is 1.15 bits per heavy atom. The molecule has 0 aliphatic heterocycles. The van der Waals surface area contributed by atoms with E-state index in [4.69, 9.17) is 4.74 Å². The van der Waals surface area contributed by atoms with E-state index in [9.17, 15) is 4.79 Å². The average Bonchev–Trinajstić information content (AvgIpc) is 2.66. The first-order chi connectivity index (χ1) is 13.0. The molecule has 0 bridgehead atoms. The van der Waals surface area contributed by atoms with Crippen molar-refractivity contribution in [1.29, 1.82) is 0 Å². The topological polar surface area (TPSA) is 32.8 Å². The lowest BCUT2D eigenvalue weighted by atomic mass is 10.00. The Morgan fingerprint density at radius 2 is 1.89 bits per heavy atom. The number of carbonyl (C=O) groups is 1. The van der Waals surface area contributed by atoms with E-state index < -0.39 is 0 Å². The molecule has 152 valence electrons. The fraction of sp³-hybridized carbons (Fsp3) is 0.667. The van der Waals surface area contributed by atoms with Crippen molar-refractivity contribution in [2.24, 2.45) is 0 Å². The van der Waals surface area contributed by atoms with Crippen molar-refractivity contribution in [2.75, 3.05) is 47.1 Å². The number of carbonyl (C=O) groups excluding carboxylic acids is 1. The van der Waals surface area contributed by atoms with E-state index in [0.29, 0.717) is 16.3 Å². The molecule has 2 rings (SSSR count). The van der Waals surface area contributed by atoms with Crippen molar-refractivity contribution in [1.82, 2.24) is 9.80 Å². The molecule has 1 aromatic rings. The van der Waals surface area contributed by atoms with Gasteiger partial charge in [-0.25, -0.2) is 0 Å². The summed E-state index contributed by atoms with van der Waals surface area (Å²) in [6, 6.07) is 8.32. The SMILES string of the molecule is COc1cccc(SC2CCCCC2SCC(=O)N(C)CCCN(C)C)c1. The molecule has 0 spiro atoms. The Kier molecular flexibility index (Phi) is 9.87. The van der Waals surface area contributed by atoms with Gasteiger partial charge in [-0.05, 0) is 58.1 Å². The van der Waals surface area contributed by atoms with Gasteiger partial charge in [-0.1, -0.05) is 18.9 Å². The first-order valence-electron chi connectivity index (χ1n) is 9.80. The van der Waals surface area contributed by atoms with Crippen LogP contribution in [0.15, 0.2) is 29.2 Å². The molecule has 2 atom stereocenters. The molecule has 2 unspecified atom stereocenters. The summed E-state index contributed by atoms with van der Waals surface area (Å²) in [4.78, 5) is 17.8. The Labute approximate surface area is 173 Å². The number of rotatable bonds is 10. The second-order valence-corrected chi connectivity index (χ2v) is 9.98. The van der Waals surface area contributed by atoms with Gasteiger partial charge in [-0.2, -0.15) is 0 Å². The van der Waals surface area contributed by atoms with E-state index in [1.54, 1.807) is 7.11 Å². The van der Waals surface area contributed by atoms with Crippen LogP contribution in [-0.4, -0.2) is 73.3 Å². The van der Waals surface area contributed by atoms with E-state index in [0.717, 1.165) is 25.3 Å². The van der Waals surface area contributed by atoms with E-state index in [1.807, 2.05) is 41.5 Å². The highest BCUT2D eigenvalue weighted by Crippen LogP contribution is 2.40. The summed E-state index contributed by atoms with van der Waals surface area (Å²) in [7, 11) is 7.79. The van der Waals surface area contributed by atoms with Crippen LogP contribution in [0.2, 0.25) is 0 Å². The second-order valence-electron chi connectivity index (χ2n) is 7.44. The van der Waals surface area contributed by atoms with E-state index in [1.165, 1.54) is 30.6 Å². The zero-order valence-electron chi connectivity index (χ0n) is 17.1. The Balaban J connectivity index is 1.83. The van der Waals surface area contributed by atoms with E-state index >= 15 is 0 Å². The normalized spacial score (nSPS) is 19.9. The van der Waals surface area contributed by atoms with Gasteiger partial charge < -0.3 is 14.5 Å². The number of amides is 1. The van der Waals surface area contributed by atoms with Crippen LogP contribution in [0.5, 0.6) is 5.75 Å². The van der Waals surface area contributed by atoms with Crippen LogP contribution in [0.1, 0.15) is 32.1 Å². The molecule has 1 aliphatic rings. The molecule has 6 heteroatoms. The molecule has 0 heterocycles. The predicted molar refractivity (Wildman–Crippen MR) is 118 cm³/mol. The molecule has 0 radical (unpaired) electrons. The molecule has 4 nitrogen and oxygen atoms in total. The zero-order valence-corrected chi connectivity index (χ0v) is 18.8. The lowest BCUT2D eigenvalue weighted by Crippen LogP contribution is -2.33. The van der Waals surface area contributed by atoms with Crippen molar-refractivity contribution in [3.8, 4) is 5.75 Å². The fourth-order valence-corrected chi connectivity index (χ4v) is 6.20. The first-order valence-corrected chi connectivity index (χ1v) is 11.7. The summed E-state index contributed by atoms with van der Waals surface area (Å²) in [6.07, 6.45) is 6.03. The van der Waals surface area contributed by atoms with E-state index in [-0.39, 0.29) is 5.91 Å². The molecule has 27 heavy (non-hydrogen) atoms. The average molecular weight is 411 g/mol. The predicted octanol–water partition coefficient (Wildman–Crippen LogP) is 4.24. The third-order valence-electron chi connectivity index (χ3n) is 4.92. The summed E-state index contributed by atoms with van der Waals surface area (Å²) in [5, 5.41) is 1.12. The van der Waals surface area contributed by atoms with Gasteiger partial charge in [0.25, 0.3) is 0 Å². The quantitative estimate of drug-likeness (QED) is 0.576. The van der Waals surface area contributed by atoms with Crippen LogP contribution >= 0.6 is 23.5 Å². The molecule has 0 saturated heterocycles. The standard InChI is InChI=1S/C21H34N2O2S2/c1-22(2)13-8-14-23(3)21(24)16-26-19-11-5-6-12-20(19)27-18-10-7-9-17(15-18)25-4/h7,9-10,15,19-20H,5-6,8,11-14,16H2,1-4H3. The maximum absolute atomic E-state index is 12.5. The second kappa shape index (κ2) is 11.9. The molecule has 1 aliphatic carbocycles. The van der Waals surface area contributed by atoms with Gasteiger partial charge in [0.2, 0.25) is 5.91 Å². The third-order valence-corrected chi connectivity index (χ3v) is 7.89. The maximum atomic E-state index is 12.5. The molecule has 1 amide bonds. The number of nitrogens with zero attached hydrogens (tertiary/aromatic N) is 2. The smallest absolute Gasteiger partial charge is 0.232 e. The van der Waals surface area contributed by atoms with Crippen LogP contribution < -0.4 is 4.74 Å². The van der Waals surface area contributed by atoms with Crippen LogP contribution in [0.3, 0.4) is 0 Å². The molecular formula is C21H34N2O2S2. The number of benzene rings is 1. The van der Waals surface area contributed by atoms with Gasteiger partial charge in [0.15, 0.2) is 0 Å². The Bertz CT molecular complexity index is 583. The number of hydrogen-bond acceptors (Lipinski definition) is 5. The minimum Gasteiger partial charge on any atom is -0.497 e. The number of ether oxygens (including phenoxy) is 1. The number of hydrogen-bond donors (Lipinski definition) is 0. The molecular weight excluding hydrogens is 376 g/mol. The minimum atomic E-state index is 0.259. The van der Waals surface area contributed by atoms with Crippen molar-refractivity contribution in [3.05, 3.63) is 24.3 Å². The van der Waals surface area contributed by atoms with Crippen molar-refractivity contribution in [2.45, 2.75) is 47.5 Å². The zero-order chi connectivity index (χ0) is 19.6. The Morgan fingerprint density at radius 3 is 2.59 bits per heavy atom. The largest absolute Gasteiger partial charge is 0.497 e. The lowest BCUT2D eigenvalue weighted by Gasteiger charge is -2.31. The molecule has 1 fully saturated rings. The lowest BCUT2D eigenvalue weighted by molar-refractivity contribution is -0.127. The highest BCUT2D eigenvalue weighted by Gasteiger charge is 2.27. The van der Waals surface area contributed by atoms with Gasteiger partial charge in [-0.15, -0.1) is 23.5 Å². The highest BCUT2D eigenvalue weighted by atomic mass is 32.2. The molecule has 0 aromatic heterocycles. The third kappa shape index (κ3) is 7.96. The van der Waals surface area contributed by atoms with Crippen molar-refractivity contribution < 1.29 is 9.53 Å². The van der Waals surface area contributed by atoms with Crippen molar-refractivity contribution in [3.63, 3.8) is 0 Å². The van der Waals surface area contributed by atoms with E-state index in [2.05, 4.69) is 37.2 Å². The molecule has 0 N–H and O–H groups in total. The monoisotopic (exact) mass is 410 g/mol. The maximum Gasteiger partial charge on any atom is 0.232 e. The Hall–Kier alpha value is -0.850. The summed E-state index contributed by atoms with van der Waals surface area (Å²) in [5.74, 6) is 1.77. The number of thioether (sulfide) groups is 2. The molecule has 1 aromatic carbocycles. The summed E-state index contributed by atoms with van der Waals surface area (Å²) in [6.45, 7) is 1.86. The van der Waals surface area contributed by atoms with Gasteiger partial charge >= 0.3 is 0 Å². The van der Waals surface area contributed by atoms with Crippen molar-refractivity contribution >= 4 is 29.4 Å². The summed E-state index contributed by atoms with van der Waals surface area (Å²) in [5.41, 5.74) is 0. The molecule has 1 saturated carbocycles. The highest BCUT2D eigenvalue weighted by molar-refractivity contribution is 8.04. The van der Waals surface area contributed by atoms with Gasteiger partial charge in [0.05, 0.1) is 12.9 Å². The number of methoxy groups -OCH3 is 1. The van der Waals surface area contributed by atoms with Crippen LogP contribution in [-0.2, 0) is 4.79 Å². The van der Waals surface area contributed by atoms with Crippen LogP contribution in [0.25, 0.3) is 0 Å². The summed E-state index contributed by atoms with van der Waals surface area (Å²) >= 11 is 3.81. The first kappa shape index (κ1) is 22.4. The summed E-state index contributed by atoms with van der Waals surface area (Å²) < 4.78 is 5.35. The van der Waals surface area contributed by atoms with Gasteiger partial charge in [-0.3, -0.25) is 4.79 Å². The minimum absolute atomic E-state index is 0.259.